The minimum absolute atomic E-state index is 0.0145. The molecule has 4 rings (SSSR count). The lowest BCUT2D eigenvalue weighted by molar-refractivity contribution is 0.509. The minimum Gasteiger partial charge on any atom is -0.301 e. The second kappa shape index (κ2) is 6.66. The molecule has 1 aliphatic carbocycles. The largest absolute Gasteiger partial charge is 0.301 e. The Morgan fingerprint density at radius 1 is 1.40 bits per heavy atom. The summed E-state index contributed by atoms with van der Waals surface area (Å²) >= 11 is 3.20. The van der Waals surface area contributed by atoms with Gasteiger partial charge in [0.05, 0.1) is 17.0 Å². The number of nitriles is 1. The number of thiophene rings is 1. The topological polar surface area (TPSA) is 69.5 Å². The number of aryl methyl sites for hydroxylation is 1. The molecule has 0 unspecified atom stereocenters. The van der Waals surface area contributed by atoms with Crippen LogP contribution in [0.1, 0.15) is 34.9 Å². The quantitative estimate of drug-likeness (QED) is 0.554. The molecule has 2 aromatic heterocycles. The number of fused-ring (bicyclic) bond motifs is 3. The third-order valence-electron chi connectivity index (χ3n) is 4.60. The summed E-state index contributed by atoms with van der Waals surface area (Å²) in [4.78, 5) is 22.4. The summed E-state index contributed by atoms with van der Waals surface area (Å²) in [6, 6.07) is 9.61. The molecule has 0 bridgehead atoms. The summed E-state index contributed by atoms with van der Waals surface area (Å²) in [6.45, 7) is 2.27. The Morgan fingerprint density at radius 2 is 2.20 bits per heavy atom. The van der Waals surface area contributed by atoms with Crippen LogP contribution in [0.5, 0.6) is 0 Å². The molecule has 0 aliphatic heterocycles. The lowest BCUT2D eigenvalue weighted by atomic mass is 9.89. The second-order valence-electron chi connectivity index (χ2n) is 6.50. The fourth-order valence-corrected chi connectivity index (χ4v) is 5.48. The van der Waals surface area contributed by atoms with Crippen LogP contribution in [0.25, 0.3) is 10.2 Å². The van der Waals surface area contributed by atoms with Gasteiger partial charge in [-0.2, -0.15) is 5.26 Å². The SMILES string of the molecule is C[C@H]1CCc2c(sc3nc(SCc4ccc(C#N)cc4)[nH]c(=O)c23)C1. The summed E-state index contributed by atoms with van der Waals surface area (Å²) in [7, 11) is 0. The van der Waals surface area contributed by atoms with Crippen LogP contribution in [0.3, 0.4) is 0 Å². The predicted octanol–water partition coefficient (Wildman–Crippen LogP) is 4.27. The fraction of sp³-hybridized carbons (Fsp3) is 0.316. The van der Waals surface area contributed by atoms with Crippen LogP contribution in [0.4, 0.5) is 0 Å². The van der Waals surface area contributed by atoms with E-state index >= 15 is 0 Å². The molecule has 0 saturated heterocycles. The van der Waals surface area contributed by atoms with Gasteiger partial charge in [0.1, 0.15) is 4.83 Å². The fourth-order valence-electron chi connectivity index (χ4n) is 3.22. The Labute approximate surface area is 153 Å². The van der Waals surface area contributed by atoms with Crippen LogP contribution < -0.4 is 5.56 Å². The molecule has 1 aliphatic rings. The predicted molar refractivity (Wildman–Crippen MR) is 102 cm³/mol. The van der Waals surface area contributed by atoms with Gasteiger partial charge in [0.15, 0.2) is 5.16 Å². The number of hydrogen-bond acceptors (Lipinski definition) is 5. The summed E-state index contributed by atoms with van der Waals surface area (Å²) in [6.07, 6.45) is 3.19. The first kappa shape index (κ1) is 16.4. The van der Waals surface area contributed by atoms with Gasteiger partial charge >= 0.3 is 0 Å². The van der Waals surface area contributed by atoms with E-state index in [1.54, 1.807) is 11.3 Å². The monoisotopic (exact) mass is 367 g/mol. The molecule has 126 valence electrons. The Morgan fingerprint density at radius 3 is 2.96 bits per heavy atom. The van der Waals surface area contributed by atoms with E-state index < -0.39 is 0 Å². The molecule has 3 aromatic rings. The van der Waals surface area contributed by atoms with E-state index in [-0.39, 0.29) is 5.56 Å². The molecule has 0 fully saturated rings. The van der Waals surface area contributed by atoms with Gasteiger partial charge in [-0.25, -0.2) is 4.98 Å². The molecule has 0 saturated carbocycles. The van der Waals surface area contributed by atoms with Gasteiger partial charge in [0.25, 0.3) is 5.56 Å². The first-order valence-corrected chi connectivity index (χ1v) is 10.1. The highest BCUT2D eigenvalue weighted by Gasteiger charge is 2.23. The van der Waals surface area contributed by atoms with Crippen molar-refractivity contribution in [1.29, 1.82) is 5.26 Å². The number of benzene rings is 1. The molecule has 1 atom stereocenters. The van der Waals surface area contributed by atoms with E-state index in [0.717, 1.165) is 35.0 Å². The smallest absolute Gasteiger partial charge is 0.260 e. The molecule has 2 heterocycles. The number of aromatic nitrogens is 2. The van der Waals surface area contributed by atoms with Crippen LogP contribution in [0.2, 0.25) is 0 Å². The van der Waals surface area contributed by atoms with Gasteiger partial charge in [0.2, 0.25) is 0 Å². The average molecular weight is 367 g/mol. The van der Waals surface area contributed by atoms with E-state index in [0.29, 0.717) is 22.4 Å². The highest BCUT2D eigenvalue weighted by atomic mass is 32.2. The lowest BCUT2D eigenvalue weighted by Gasteiger charge is -2.17. The van der Waals surface area contributed by atoms with Gasteiger partial charge in [-0.1, -0.05) is 30.8 Å². The highest BCUT2D eigenvalue weighted by Crippen LogP contribution is 2.36. The molecule has 1 aromatic carbocycles. The molecule has 25 heavy (non-hydrogen) atoms. The molecule has 6 heteroatoms. The van der Waals surface area contributed by atoms with E-state index in [1.807, 2.05) is 24.3 Å². The highest BCUT2D eigenvalue weighted by molar-refractivity contribution is 7.98. The van der Waals surface area contributed by atoms with Crippen molar-refractivity contribution in [1.82, 2.24) is 9.97 Å². The van der Waals surface area contributed by atoms with Crippen molar-refractivity contribution in [3.63, 3.8) is 0 Å². The maximum Gasteiger partial charge on any atom is 0.260 e. The van der Waals surface area contributed by atoms with Crippen molar-refractivity contribution in [2.24, 2.45) is 5.92 Å². The van der Waals surface area contributed by atoms with Gasteiger partial charge < -0.3 is 4.98 Å². The molecule has 0 spiro atoms. The average Bonchev–Trinajstić information content (AvgIpc) is 2.98. The Hall–Kier alpha value is -2.10. The molecule has 1 N–H and O–H groups in total. The van der Waals surface area contributed by atoms with Crippen molar-refractivity contribution in [2.75, 3.05) is 0 Å². The number of nitrogens with zero attached hydrogens (tertiary/aromatic N) is 2. The standard InChI is InChI=1S/C19H17N3OS2/c1-11-2-7-14-15(8-11)25-18-16(14)17(23)21-19(22-18)24-10-13-5-3-12(9-20)4-6-13/h3-6,11H,2,7-8,10H2,1H3,(H,21,22,23)/t11-/m0/s1. The second-order valence-corrected chi connectivity index (χ2v) is 8.55. The molecule has 0 radical (unpaired) electrons. The maximum atomic E-state index is 12.6. The summed E-state index contributed by atoms with van der Waals surface area (Å²) in [5.74, 6) is 1.40. The van der Waals surface area contributed by atoms with Crippen LogP contribution >= 0.6 is 23.1 Å². The number of H-pyrrole nitrogens is 1. The zero-order valence-electron chi connectivity index (χ0n) is 13.8. The van der Waals surface area contributed by atoms with Crippen molar-refractivity contribution in [3.05, 3.63) is 56.2 Å². The summed E-state index contributed by atoms with van der Waals surface area (Å²) in [5, 5.41) is 10.3. The number of hydrogen-bond donors (Lipinski definition) is 1. The van der Waals surface area contributed by atoms with E-state index in [4.69, 9.17) is 5.26 Å². The first-order chi connectivity index (χ1) is 12.1. The van der Waals surface area contributed by atoms with Crippen molar-refractivity contribution in [3.8, 4) is 6.07 Å². The molecule has 4 nitrogen and oxygen atoms in total. The van der Waals surface area contributed by atoms with Crippen LogP contribution in [-0.4, -0.2) is 9.97 Å². The molecular formula is C19H17N3OS2. The van der Waals surface area contributed by atoms with Crippen LogP contribution in [0, 0.1) is 17.2 Å². The Balaban J connectivity index is 1.60. The number of aromatic amines is 1. The van der Waals surface area contributed by atoms with Crippen molar-refractivity contribution >= 4 is 33.3 Å². The zero-order valence-corrected chi connectivity index (χ0v) is 15.5. The first-order valence-electron chi connectivity index (χ1n) is 8.30. The summed E-state index contributed by atoms with van der Waals surface area (Å²) < 4.78 is 0. The van der Waals surface area contributed by atoms with Crippen LogP contribution in [0.15, 0.2) is 34.2 Å². The third-order valence-corrected chi connectivity index (χ3v) is 6.69. The third kappa shape index (κ3) is 3.22. The maximum absolute atomic E-state index is 12.6. The number of thioether (sulfide) groups is 1. The Kier molecular flexibility index (Phi) is 4.36. The van der Waals surface area contributed by atoms with Crippen LogP contribution in [-0.2, 0) is 18.6 Å². The van der Waals surface area contributed by atoms with Gasteiger partial charge in [0, 0.05) is 10.6 Å². The van der Waals surface area contributed by atoms with Crippen molar-refractivity contribution in [2.45, 2.75) is 37.1 Å². The van der Waals surface area contributed by atoms with Gasteiger partial charge in [-0.05, 0) is 48.4 Å². The van der Waals surface area contributed by atoms with Gasteiger partial charge in [-0.15, -0.1) is 11.3 Å². The minimum atomic E-state index is -0.0145. The number of rotatable bonds is 3. The van der Waals surface area contributed by atoms with E-state index in [1.165, 1.54) is 22.2 Å². The molecular weight excluding hydrogens is 350 g/mol. The summed E-state index contributed by atoms with van der Waals surface area (Å²) in [5.41, 5.74) is 2.96. The zero-order chi connectivity index (χ0) is 17.4. The number of nitrogens with one attached hydrogen (secondary N) is 1. The van der Waals surface area contributed by atoms with E-state index in [9.17, 15) is 4.79 Å². The normalized spacial score (nSPS) is 16.6. The molecule has 0 amide bonds. The van der Waals surface area contributed by atoms with E-state index in [2.05, 4.69) is 23.0 Å². The van der Waals surface area contributed by atoms with Gasteiger partial charge in [-0.3, -0.25) is 4.79 Å². The Bertz CT molecular complexity index is 1030. The van der Waals surface area contributed by atoms with Crippen molar-refractivity contribution < 1.29 is 0 Å². The lowest BCUT2D eigenvalue weighted by Crippen LogP contribution is -2.13.